The summed E-state index contributed by atoms with van der Waals surface area (Å²) in [6.45, 7) is 5.41. The van der Waals surface area contributed by atoms with E-state index in [4.69, 9.17) is 5.11 Å². The zero-order valence-electron chi connectivity index (χ0n) is 18.3. The highest BCUT2D eigenvalue weighted by Crippen LogP contribution is 2.53. The largest absolute Gasteiger partial charge is 0.392 e. The number of fused-ring (bicyclic) bond motifs is 1. The second-order valence-electron chi connectivity index (χ2n) is 8.12. The number of nitrogens with zero attached hydrogens (tertiary/aromatic N) is 1. The fourth-order valence-corrected chi connectivity index (χ4v) is 4.30. The first-order valence-corrected chi connectivity index (χ1v) is 10.9. The molecule has 4 rings (SSSR count). The van der Waals surface area contributed by atoms with E-state index < -0.39 is 0 Å². The minimum atomic E-state index is -0.000222. The first kappa shape index (κ1) is 22.8. The van der Waals surface area contributed by atoms with Crippen LogP contribution in [-0.2, 0) is 6.61 Å². The van der Waals surface area contributed by atoms with Crippen molar-refractivity contribution in [3.8, 4) is 0 Å². The third-order valence-electron chi connectivity index (χ3n) is 6.30. The summed E-state index contributed by atoms with van der Waals surface area (Å²) >= 11 is 0. The van der Waals surface area contributed by atoms with Crippen LogP contribution in [0.25, 0.3) is 10.8 Å². The molecule has 164 valence electrons. The lowest BCUT2D eigenvalue weighted by molar-refractivity contribution is 0.165. The van der Waals surface area contributed by atoms with Crippen molar-refractivity contribution < 1.29 is 9.90 Å². The summed E-state index contributed by atoms with van der Waals surface area (Å²) in [6, 6.07) is 14.7. The lowest BCUT2D eigenvalue weighted by Crippen LogP contribution is -2.44. The van der Waals surface area contributed by atoms with Gasteiger partial charge in [0, 0.05) is 25.3 Å². The molecule has 1 spiro atoms. The van der Waals surface area contributed by atoms with Crippen molar-refractivity contribution >= 4 is 16.8 Å². The van der Waals surface area contributed by atoms with Gasteiger partial charge in [-0.3, -0.25) is 0 Å². The second-order valence-corrected chi connectivity index (χ2v) is 8.12. The zero-order chi connectivity index (χ0) is 22.1. The van der Waals surface area contributed by atoms with E-state index in [1.54, 1.807) is 18.4 Å². The Kier molecular flexibility index (Phi) is 8.04. The standard InChI is InChI=1S/C15H23N3O.C11H10O/c1-3-4-5-6-9-17-14(19)18-10-7-15(8-11-18)12-13(15)16-2;12-8-10-6-3-5-9-4-1-2-7-11(9)10/h3-6,9,13,16H,1,7-8,10-12H2,2H3,(H,17,19);1-7,12H,8H2/b5-4-,9-6+;. The van der Waals surface area contributed by atoms with Crippen LogP contribution in [-0.4, -0.2) is 42.2 Å². The van der Waals surface area contributed by atoms with Gasteiger partial charge >= 0.3 is 6.03 Å². The number of nitrogens with one attached hydrogen (secondary N) is 2. The van der Waals surface area contributed by atoms with Crippen LogP contribution in [0.15, 0.2) is 79.5 Å². The molecule has 2 aromatic rings. The number of aliphatic hydroxyl groups is 1. The molecular formula is C26H33N3O2. The van der Waals surface area contributed by atoms with Crippen LogP contribution in [0.3, 0.4) is 0 Å². The average Bonchev–Trinajstić information content (AvgIpc) is 3.51. The molecule has 0 bridgehead atoms. The van der Waals surface area contributed by atoms with Gasteiger partial charge in [-0.15, -0.1) is 0 Å². The molecule has 1 heterocycles. The maximum Gasteiger partial charge on any atom is 0.321 e. The Hall–Kier alpha value is -2.89. The molecule has 1 saturated heterocycles. The van der Waals surface area contributed by atoms with Crippen molar-refractivity contribution in [1.82, 2.24) is 15.5 Å². The van der Waals surface area contributed by atoms with E-state index in [1.165, 1.54) is 11.8 Å². The molecule has 2 amide bonds. The van der Waals surface area contributed by atoms with E-state index in [9.17, 15) is 4.79 Å². The van der Waals surface area contributed by atoms with Crippen molar-refractivity contribution in [1.29, 1.82) is 0 Å². The van der Waals surface area contributed by atoms with E-state index in [1.807, 2.05) is 54.4 Å². The average molecular weight is 420 g/mol. The number of aliphatic hydroxyl groups excluding tert-OH is 1. The lowest BCUT2D eigenvalue weighted by atomic mass is 9.93. The van der Waals surface area contributed by atoms with Crippen LogP contribution in [0.4, 0.5) is 4.79 Å². The van der Waals surface area contributed by atoms with E-state index >= 15 is 0 Å². The van der Waals surface area contributed by atoms with Crippen LogP contribution in [0.2, 0.25) is 0 Å². The first-order valence-electron chi connectivity index (χ1n) is 10.9. The second kappa shape index (κ2) is 10.9. The van der Waals surface area contributed by atoms with Crippen molar-refractivity contribution in [2.45, 2.75) is 31.9 Å². The summed E-state index contributed by atoms with van der Waals surface area (Å²) < 4.78 is 0. The number of likely N-dealkylation sites (tertiary alicyclic amines) is 1. The number of carbonyl (C=O) groups excluding carboxylic acids is 1. The van der Waals surface area contributed by atoms with Crippen molar-refractivity contribution in [2.24, 2.45) is 5.41 Å². The number of urea groups is 1. The van der Waals surface area contributed by atoms with Crippen molar-refractivity contribution in [3.63, 3.8) is 0 Å². The molecule has 1 aliphatic heterocycles. The van der Waals surface area contributed by atoms with Gasteiger partial charge in [0.05, 0.1) is 6.61 Å². The number of amides is 2. The summed E-state index contributed by atoms with van der Waals surface area (Å²) in [6.07, 6.45) is 12.3. The predicted molar refractivity (Wildman–Crippen MR) is 128 cm³/mol. The topological polar surface area (TPSA) is 64.6 Å². The first-order chi connectivity index (χ1) is 15.1. The van der Waals surface area contributed by atoms with Crippen LogP contribution in [0.5, 0.6) is 0 Å². The Morgan fingerprint density at radius 2 is 1.90 bits per heavy atom. The van der Waals surface area contributed by atoms with Gasteiger partial charge in [-0.1, -0.05) is 67.3 Å². The minimum absolute atomic E-state index is 0.000222. The van der Waals surface area contributed by atoms with Gasteiger partial charge < -0.3 is 20.6 Å². The molecule has 2 aromatic carbocycles. The third kappa shape index (κ3) is 5.84. The number of carbonyl (C=O) groups is 1. The fraction of sp³-hybridized carbons (Fsp3) is 0.346. The Morgan fingerprint density at radius 1 is 1.16 bits per heavy atom. The van der Waals surface area contributed by atoms with Crippen LogP contribution >= 0.6 is 0 Å². The Labute approximate surface area is 185 Å². The van der Waals surface area contributed by atoms with Gasteiger partial charge in [0.25, 0.3) is 0 Å². The van der Waals surface area contributed by atoms with E-state index in [2.05, 4.69) is 29.3 Å². The van der Waals surface area contributed by atoms with E-state index in [-0.39, 0.29) is 12.6 Å². The normalized spacial score (nSPS) is 19.4. The molecule has 0 aromatic heterocycles. The number of allylic oxidation sites excluding steroid dienone is 4. The highest BCUT2D eigenvalue weighted by atomic mass is 16.3. The van der Waals surface area contributed by atoms with Crippen LogP contribution < -0.4 is 10.6 Å². The van der Waals surface area contributed by atoms with Crippen molar-refractivity contribution in [3.05, 3.63) is 85.1 Å². The van der Waals surface area contributed by atoms with Crippen LogP contribution in [0.1, 0.15) is 24.8 Å². The Bertz CT molecular complexity index is 937. The quantitative estimate of drug-likeness (QED) is 0.631. The highest BCUT2D eigenvalue weighted by molar-refractivity contribution is 5.85. The maximum atomic E-state index is 11.9. The summed E-state index contributed by atoms with van der Waals surface area (Å²) in [5.74, 6) is 0. The summed E-state index contributed by atoms with van der Waals surface area (Å²) in [4.78, 5) is 13.8. The summed E-state index contributed by atoms with van der Waals surface area (Å²) in [7, 11) is 2.03. The molecule has 0 radical (unpaired) electrons. The van der Waals surface area contributed by atoms with Gasteiger partial charge in [0.15, 0.2) is 0 Å². The molecule has 5 heteroatoms. The Balaban J connectivity index is 0.000000194. The Morgan fingerprint density at radius 3 is 2.58 bits per heavy atom. The molecular weight excluding hydrogens is 386 g/mol. The van der Waals surface area contributed by atoms with E-state index in [0.717, 1.165) is 36.9 Å². The zero-order valence-corrected chi connectivity index (χ0v) is 18.3. The third-order valence-corrected chi connectivity index (χ3v) is 6.30. The minimum Gasteiger partial charge on any atom is -0.392 e. The molecule has 1 aliphatic carbocycles. The number of hydrogen-bond donors (Lipinski definition) is 3. The number of benzene rings is 2. The number of piperidine rings is 1. The molecule has 5 nitrogen and oxygen atoms in total. The molecule has 1 unspecified atom stereocenters. The monoisotopic (exact) mass is 419 g/mol. The van der Waals surface area contributed by atoms with Gasteiger partial charge in [0.1, 0.15) is 0 Å². The summed E-state index contributed by atoms with van der Waals surface area (Å²) in [5.41, 5.74) is 1.47. The fourth-order valence-electron chi connectivity index (χ4n) is 4.30. The maximum absolute atomic E-state index is 11.9. The number of rotatable bonds is 5. The smallest absolute Gasteiger partial charge is 0.321 e. The molecule has 2 fully saturated rings. The van der Waals surface area contributed by atoms with Gasteiger partial charge in [-0.25, -0.2) is 4.79 Å². The molecule has 1 saturated carbocycles. The lowest BCUT2D eigenvalue weighted by Gasteiger charge is -2.32. The van der Waals surface area contributed by atoms with Crippen molar-refractivity contribution in [2.75, 3.05) is 20.1 Å². The van der Waals surface area contributed by atoms with Crippen LogP contribution in [0, 0.1) is 5.41 Å². The molecule has 1 atom stereocenters. The summed E-state index contributed by atoms with van der Waals surface area (Å²) in [5, 5.41) is 17.5. The van der Waals surface area contributed by atoms with Gasteiger partial charge in [0.2, 0.25) is 0 Å². The SMILES string of the molecule is C=C/C=C\C=C\NC(=O)N1CCC2(CC1)CC2NC.OCc1cccc2ccccc12. The predicted octanol–water partition coefficient (Wildman–Crippen LogP) is 4.36. The molecule has 2 aliphatic rings. The number of hydrogen-bond acceptors (Lipinski definition) is 3. The van der Waals surface area contributed by atoms with Gasteiger partial charge in [-0.2, -0.15) is 0 Å². The van der Waals surface area contributed by atoms with Gasteiger partial charge in [-0.05, 0) is 54.1 Å². The molecule has 31 heavy (non-hydrogen) atoms. The molecule has 3 N–H and O–H groups in total. The van der Waals surface area contributed by atoms with E-state index in [0.29, 0.717) is 11.5 Å². The highest BCUT2D eigenvalue weighted by Gasteiger charge is 2.54.